The van der Waals surface area contributed by atoms with Crippen LogP contribution in [0.5, 0.6) is 11.5 Å². The molecule has 0 aliphatic carbocycles. The molecule has 2 aliphatic rings. The fraction of sp³-hybridized carbons (Fsp3) is 0.310. The predicted octanol–water partition coefficient (Wildman–Crippen LogP) is 4.17. The smallest absolute Gasteiger partial charge is 0.335 e. The van der Waals surface area contributed by atoms with E-state index in [-0.39, 0.29) is 5.56 Å². The van der Waals surface area contributed by atoms with Crippen LogP contribution in [0, 0.1) is 0 Å². The Bertz CT molecular complexity index is 1450. The number of hydrogen-bond donors (Lipinski definition) is 1. The summed E-state index contributed by atoms with van der Waals surface area (Å²) in [6.07, 6.45) is -0.435. The van der Waals surface area contributed by atoms with E-state index in [2.05, 4.69) is 20.4 Å². The third-order valence-corrected chi connectivity index (χ3v) is 7.16. The fourth-order valence-electron chi connectivity index (χ4n) is 5.16. The number of imidazole rings is 1. The van der Waals surface area contributed by atoms with Gasteiger partial charge in [0.25, 0.3) is 6.29 Å². The number of aromatic nitrogens is 2. The Morgan fingerprint density at radius 3 is 2.61 bits per heavy atom. The third kappa shape index (κ3) is 4.66. The molecule has 6 rings (SSSR count). The number of anilines is 1. The summed E-state index contributed by atoms with van der Waals surface area (Å²) in [7, 11) is 1.66. The number of hydrogen-bond acceptors (Lipinski definition) is 7. The van der Waals surface area contributed by atoms with Crippen LogP contribution in [0.3, 0.4) is 0 Å². The first-order chi connectivity index (χ1) is 18.6. The van der Waals surface area contributed by atoms with Crippen molar-refractivity contribution in [3.05, 3.63) is 83.7 Å². The summed E-state index contributed by atoms with van der Waals surface area (Å²) in [5, 5.41) is 9.44. The van der Waals surface area contributed by atoms with Crippen LogP contribution in [-0.4, -0.2) is 65.4 Å². The van der Waals surface area contributed by atoms with Crippen molar-refractivity contribution < 1.29 is 24.1 Å². The van der Waals surface area contributed by atoms with Gasteiger partial charge in [-0.15, -0.1) is 0 Å². The average molecular weight is 515 g/mol. The number of methoxy groups -OCH3 is 1. The second-order valence-corrected chi connectivity index (χ2v) is 9.53. The first kappa shape index (κ1) is 24.3. The summed E-state index contributed by atoms with van der Waals surface area (Å²) in [5.74, 6) is 1.54. The molecule has 3 aromatic carbocycles. The number of nitrogens with zero attached hydrogens (tertiary/aromatic N) is 4. The minimum atomic E-state index is -0.944. The number of aromatic carboxylic acids is 1. The second kappa shape index (κ2) is 10.4. The second-order valence-electron chi connectivity index (χ2n) is 9.53. The highest BCUT2D eigenvalue weighted by molar-refractivity contribution is 5.92. The molecule has 0 spiro atoms. The van der Waals surface area contributed by atoms with Crippen LogP contribution in [0.15, 0.2) is 66.7 Å². The van der Waals surface area contributed by atoms with Crippen molar-refractivity contribution in [2.75, 3.05) is 44.8 Å². The predicted molar refractivity (Wildman–Crippen MR) is 143 cm³/mol. The molecule has 1 fully saturated rings. The molecule has 1 atom stereocenters. The molecule has 1 N–H and O–H groups in total. The first-order valence-corrected chi connectivity index (χ1v) is 12.8. The van der Waals surface area contributed by atoms with Crippen molar-refractivity contribution in [1.82, 2.24) is 14.5 Å². The number of carboxylic acid groups (broad SMARTS) is 1. The van der Waals surface area contributed by atoms with Gasteiger partial charge in [0.15, 0.2) is 11.5 Å². The molecule has 0 bridgehead atoms. The summed E-state index contributed by atoms with van der Waals surface area (Å²) in [6.45, 7) is 5.23. The number of fused-ring (bicyclic) bond motifs is 2. The van der Waals surface area contributed by atoms with Gasteiger partial charge in [0, 0.05) is 45.4 Å². The molecule has 1 saturated heterocycles. The van der Waals surface area contributed by atoms with E-state index in [1.165, 1.54) is 0 Å². The molecule has 9 nitrogen and oxygen atoms in total. The molecular weight excluding hydrogens is 484 g/mol. The fourth-order valence-corrected chi connectivity index (χ4v) is 5.16. The molecule has 196 valence electrons. The SMILES string of the molecule is COCCn1c(CN2CCN(c3cccc4c3OC(c3ccccc3)O4)CC2)nc2ccc(C(=O)O)cc21. The lowest BCUT2D eigenvalue weighted by molar-refractivity contribution is 0.0488. The van der Waals surface area contributed by atoms with Crippen molar-refractivity contribution >= 4 is 22.7 Å². The van der Waals surface area contributed by atoms with Crippen LogP contribution < -0.4 is 14.4 Å². The minimum Gasteiger partial charge on any atom is -0.478 e. The van der Waals surface area contributed by atoms with Gasteiger partial charge in [-0.1, -0.05) is 36.4 Å². The van der Waals surface area contributed by atoms with Crippen molar-refractivity contribution in [1.29, 1.82) is 0 Å². The lowest BCUT2D eigenvalue weighted by Crippen LogP contribution is -2.46. The molecule has 3 heterocycles. The Kier molecular flexibility index (Phi) is 6.61. The van der Waals surface area contributed by atoms with Crippen molar-refractivity contribution in [2.24, 2.45) is 0 Å². The van der Waals surface area contributed by atoms with Gasteiger partial charge in [0.2, 0.25) is 0 Å². The number of benzene rings is 3. The zero-order chi connectivity index (χ0) is 26.1. The Morgan fingerprint density at radius 2 is 1.84 bits per heavy atom. The number of carboxylic acids is 1. The molecule has 1 aromatic heterocycles. The molecule has 1 unspecified atom stereocenters. The highest BCUT2D eigenvalue weighted by Crippen LogP contribution is 2.46. The molecule has 0 amide bonds. The van der Waals surface area contributed by atoms with E-state index in [9.17, 15) is 9.90 Å². The van der Waals surface area contributed by atoms with Crippen LogP contribution in [0.25, 0.3) is 11.0 Å². The maximum atomic E-state index is 11.5. The molecular formula is C29H30N4O5. The van der Waals surface area contributed by atoms with Crippen LogP contribution in [0.4, 0.5) is 5.69 Å². The largest absolute Gasteiger partial charge is 0.478 e. The van der Waals surface area contributed by atoms with E-state index in [0.717, 1.165) is 65.8 Å². The average Bonchev–Trinajstić information content (AvgIpc) is 3.53. The molecule has 0 saturated carbocycles. The van der Waals surface area contributed by atoms with Gasteiger partial charge >= 0.3 is 5.97 Å². The maximum absolute atomic E-state index is 11.5. The van der Waals surface area contributed by atoms with E-state index >= 15 is 0 Å². The Hall–Kier alpha value is -4.08. The lowest BCUT2D eigenvalue weighted by Gasteiger charge is -2.36. The van der Waals surface area contributed by atoms with E-state index in [4.69, 9.17) is 19.2 Å². The monoisotopic (exact) mass is 514 g/mol. The number of ether oxygens (including phenoxy) is 3. The van der Waals surface area contributed by atoms with Gasteiger partial charge in [0.1, 0.15) is 5.82 Å². The summed E-state index contributed by atoms with van der Waals surface area (Å²) < 4.78 is 19.8. The topological polar surface area (TPSA) is 89.3 Å². The van der Waals surface area contributed by atoms with Crippen LogP contribution in [-0.2, 0) is 17.8 Å². The standard InChI is InChI=1S/C29H30N4O5/c1-36-17-16-33-24-18-21(28(34)35)10-11-22(24)30-26(33)19-31-12-14-32(15-13-31)23-8-5-9-25-27(23)38-29(37-25)20-6-3-2-4-7-20/h2-11,18,29H,12-17,19H2,1H3,(H,34,35). The van der Waals surface area contributed by atoms with Crippen molar-refractivity contribution in [2.45, 2.75) is 19.4 Å². The van der Waals surface area contributed by atoms with Gasteiger partial charge in [-0.3, -0.25) is 4.90 Å². The van der Waals surface area contributed by atoms with Gasteiger partial charge in [0.05, 0.1) is 35.4 Å². The normalized spacial score (nSPS) is 17.3. The quantitative estimate of drug-likeness (QED) is 0.375. The summed E-state index contributed by atoms with van der Waals surface area (Å²) >= 11 is 0. The zero-order valence-corrected chi connectivity index (χ0v) is 21.2. The Labute approximate surface area is 220 Å². The van der Waals surface area contributed by atoms with Crippen LogP contribution in [0.1, 0.15) is 28.0 Å². The number of piperazine rings is 1. The van der Waals surface area contributed by atoms with E-state index in [1.54, 1.807) is 25.3 Å². The Morgan fingerprint density at radius 1 is 1.03 bits per heavy atom. The molecule has 38 heavy (non-hydrogen) atoms. The van der Waals surface area contributed by atoms with Crippen molar-refractivity contribution in [3.8, 4) is 11.5 Å². The van der Waals surface area contributed by atoms with Crippen LogP contribution >= 0.6 is 0 Å². The number of carbonyl (C=O) groups is 1. The summed E-state index contributed by atoms with van der Waals surface area (Å²) in [4.78, 5) is 21.1. The third-order valence-electron chi connectivity index (χ3n) is 7.16. The summed E-state index contributed by atoms with van der Waals surface area (Å²) in [5.41, 5.74) is 3.91. The molecule has 0 radical (unpaired) electrons. The van der Waals surface area contributed by atoms with E-state index < -0.39 is 12.3 Å². The lowest BCUT2D eigenvalue weighted by atomic mass is 10.2. The molecule has 2 aliphatic heterocycles. The number of rotatable bonds is 8. The van der Waals surface area contributed by atoms with Gasteiger partial charge in [-0.2, -0.15) is 0 Å². The summed E-state index contributed by atoms with van der Waals surface area (Å²) in [6, 6.07) is 21.1. The van der Waals surface area contributed by atoms with Gasteiger partial charge in [-0.25, -0.2) is 9.78 Å². The van der Waals surface area contributed by atoms with Gasteiger partial charge in [-0.05, 0) is 30.3 Å². The number of para-hydroxylation sites is 1. The Balaban J connectivity index is 1.16. The first-order valence-electron chi connectivity index (χ1n) is 12.8. The molecule has 4 aromatic rings. The van der Waals surface area contributed by atoms with E-state index in [0.29, 0.717) is 19.7 Å². The van der Waals surface area contributed by atoms with Gasteiger partial charge < -0.3 is 28.8 Å². The highest BCUT2D eigenvalue weighted by atomic mass is 16.7. The van der Waals surface area contributed by atoms with Crippen molar-refractivity contribution in [3.63, 3.8) is 0 Å². The zero-order valence-electron chi connectivity index (χ0n) is 21.2. The minimum absolute atomic E-state index is 0.257. The highest BCUT2D eigenvalue weighted by Gasteiger charge is 2.31. The molecule has 9 heteroatoms. The maximum Gasteiger partial charge on any atom is 0.335 e. The van der Waals surface area contributed by atoms with Crippen LogP contribution in [0.2, 0.25) is 0 Å². The van der Waals surface area contributed by atoms with E-state index in [1.807, 2.05) is 42.5 Å².